The van der Waals surface area contributed by atoms with Crippen LogP contribution in [0, 0.1) is 5.82 Å². The van der Waals surface area contributed by atoms with Crippen LogP contribution < -0.4 is 15.2 Å². The average molecular weight is 559 g/mol. The fourth-order valence-corrected chi connectivity index (χ4v) is 5.60. The number of hydrogen-bond donors (Lipinski definition) is 1. The minimum absolute atomic E-state index is 0.0216. The van der Waals surface area contributed by atoms with Crippen LogP contribution in [0.25, 0.3) is 11.1 Å². The number of nitrogens with two attached hydrogens (primary N) is 1. The highest BCUT2D eigenvalue weighted by Gasteiger charge is 2.31. The Labute approximate surface area is 230 Å². The summed E-state index contributed by atoms with van der Waals surface area (Å²) in [6.45, 7) is 2.01. The molecular formula is C31H31F5N2O2. The fourth-order valence-electron chi connectivity index (χ4n) is 5.60. The quantitative estimate of drug-likeness (QED) is 0.231. The van der Waals surface area contributed by atoms with Crippen molar-refractivity contribution in [2.75, 3.05) is 32.0 Å². The zero-order chi connectivity index (χ0) is 28.3. The number of nitrogen functional groups attached to an aromatic ring is 1. The Hall–Kier alpha value is -3.59. The molecule has 2 N–H and O–H groups in total. The molecule has 3 aromatic carbocycles. The van der Waals surface area contributed by atoms with Gasteiger partial charge in [-0.15, -0.1) is 13.2 Å². The van der Waals surface area contributed by atoms with Crippen LogP contribution in [-0.4, -0.2) is 43.7 Å². The van der Waals surface area contributed by atoms with Gasteiger partial charge in [-0.3, -0.25) is 9.29 Å². The van der Waals surface area contributed by atoms with Gasteiger partial charge in [-0.05, 0) is 95.8 Å². The Morgan fingerprint density at radius 2 is 1.60 bits per heavy atom. The predicted octanol–water partition coefficient (Wildman–Crippen LogP) is 7.41. The van der Waals surface area contributed by atoms with E-state index < -0.39 is 12.2 Å². The Bertz CT molecular complexity index is 1350. The minimum atomic E-state index is -4.78. The van der Waals surface area contributed by atoms with Crippen molar-refractivity contribution in [1.82, 2.24) is 4.90 Å². The monoisotopic (exact) mass is 558 g/mol. The van der Waals surface area contributed by atoms with Crippen molar-refractivity contribution < 1.29 is 31.4 Å². The van der Waals surface area contributed by atoms with Crippen molar-refractivity contribution in [2.24, 2.45) is 0 Å². The summed E-state index contributed by atoms with van der Waals surface area (Å²) in [4.78, 5) is 2.20. The highest BCUT2D eigenvalue weighted by molar-refractivity contribution is 6.00. The van der Waals surface area contributed by atoms with Gasteiger partial charge in [-0.2, -0.15) is 0 Å². The molecular weight excluding hydrogens is 527 g/mol. The molecule has 40 heavy (non-hydrogen) atoms. The molecule has 0 spiro atoms. The van der Waals surface area contributed by atoms with Crippen molar-refractivity contribution in [3.63, 3.8) is 0 Å². The number of likely N-dealkylation sites (tertiary alicyclic amines) is 1. The smallest absolute Gasteiger partial charge is 0.489 e. The lowest BCUT2D eigenvalue weighted by Crippen LogP contribution is -2.26. The maximum Gasteiger partial charge on any atom is 0.573 e. The molecule has 2 aliphatic rings. The van der Waals surface area contributed by atoms with E-state index in [9.17, 15) is 17.6 Å². The Balaban J connectivity index is 1.48. The molecule has 212 valence electrons. The summed E-state index contributed by atoms with van der Waals surface area (Å²) in [5, 5.41) is 0. The molecule has 0 radical (unpaired) electrons. The number of hydrogen-bond acceptors (Lipinski definition) is 4. The van der Waals surface area contributed by atoms with Crippen molar-refractivity contribution in [2.45, 2.75) is 44.6 Å². The topological polar surface area (TPSA) is 47.7 Å². The zero-order valence-corrected chi connectivity index (χ0v) is 21.9. The van der Waals surface area contributed by atoms with Gasteiger partial charge in [0.15, 0.2) is 0 Å². The molecule has 0 amide bonds. The van der Waals surface area contributed by atoms with E-state index in [2.05, 4.69) is 9.64 Å². The molecule has 0 saturated carbocycles. The average Bonchev–Trinajstić information content (AvgIpc) is 3.27. The number of halogens is 5. The lowest BCUT2D eigenvalue weighted by Gasteiger charge is -2.19. The maximum atomic E-state index is 15.2. The SMILES string of the molecule is Nc1ccc2c(c1F)CCCC(c1ccc(OC(F)(F)F)cc1)=C2c1ccc(O[C@H]2CCN(CCCF)C2)cc1. The molecule has 0 bridgehead atoms. The first-order valence-corrected chi connectivity index (χ1v) is 13.4. The zero-order valence-electron chi connectivity index (χ0n) is 21.9. The summed E-state index contributed by atoms with van der Waals surface area (Å²) in [6.07, 6.45) is -1.65. The van der Waals surface area contributed by atoms with Crippen LogP contribution in [0.5, 0.6) is 11.5 Å². The van der Waals surface area contributed by atoms with Gasteiger partial charge in [-0.1, -0.05) is 30.3 Å². The second kappa shape index (κ2) is 11.9. The number of ether oxygens (including phenoxy) is 2. The Kier molecular flexibility index (Phi) is 8.30. The first-order chi connectivity index (χ1) is 19.2. The van der Waals surface area contributed by atoms with E-state index in [1.807, 2.05) is 30.3 Å². The Morgan fingerprint density at radius 3 is 2.30 bits per heavy atom. The number of allylic oxidation sites excluding steroid dienone is 1. The van der Waals surface area contributed by atoms with E-state index in [4.69, 9.17) is 10.5 Å². The third kappa shape index (κ3) is 6.41. The standard InChI is InChI=1S/C31H31F5N2O2/c32-16-2-17-38-18-15-24(19-38)39-22-9-7-21(8-10-22)29-25(20-5-11-23(12-6-20)40-31(34,35)36)3-1-4-27-26(29)13-14-28(37)30(27)33/h5-14,24H,1-4,15-19,37H2/t24-/m0/s1. The summed E-state index contributed by atoms with van der Waals surface area (Å²) in [6, 6.07) is 16.7. The fraction of sp³-hybridized carbons (Fsp3) is 0.355. The van der Waals surface area contributed by atoms with Gasteiger partial charge >= 0.3 is 6.36 Å². The van der Waals surface area contributed by atoms with Gasteiger partial charge in [0.1, 0.15) is 23.4 Å². The van der Waals surface area contributed by atoms with E-state index in [1.165, 1.54) is 12.1 Å². The number of nitrogens with zero attached hydrogens (tertiary/aromatic N) is 1. The summed E-state index contributed by atoms with van der Waals surface area (Å²) in [7, 11) is 0. The third-order valence-corrected chi connectivity index (χ3v) is 7.42. The van der Waals surface area contributed by atoms with E-state index in [-0.39, 0.29) is 24.2 Å². The molecule has 4 nitrogen and oxygen atoms in total. The van der Waals surface area contributed by atoms with Gasteiger partial charge in [-0.25, -0.2) is 4.39 Å². The third-order valence-electron chi connectivity index (χ3n) is 7.42. The van der Waals surface area contributed by atoms with Crippen molar-refractivity contribution in [3.05, 3.63) is 88.7 Å². The van der Waals surface area contributed by atoms with Crippen molar-refractivity contribution >= 4 is 16.8 Å². The molecule has 1 atom stereocenters. The summed E-state index contributed by atoms with van der Waals surface area (Å²) in [5.74, 6) is -0.0409. The highest BCUT2D eigenvalue weighted by Crippen LogP contribution is 2.42. The van der Waals surface area contributed by atoms with Crippen LogP contribution in [0.3, 0.4) is 0 Å². The van der Waals surface area contributed by atoms with E-state index >= 15 is 4.39 Å². The molecule has 0 aromatic heterocycles. The largest absolute Gasteiger partial charge is 0.573 e. The van der Waals surface area contributed by atoms with E-state index in [0.717, 1.165) is 48.3 Å². The lowest BCUT2D eigenvalue weighted by molar-refractivity contribution is -0.274. The molecule has 1 saturated heterocycles. The number of alkyl halides is 4. The highest BCUT2D eigenvalue weighted by atomic mass is 19.4. The first kappa shape index (κ1) is 28.0. The van der Waals surface area contributed by atoms with Crippen LogP contribution in [0.2, 0.25) is 0 Å². The van der Waals surface area contributed by atoms with Gasteiger partial charge < -0.3 is 15.2 Å². The molecule has 1 fully saturated rings. The molecule has 1 aliphatic carbocycles. The Morgan fingerprint density at radius 1 is 0.900 bits per heavy atom. The summed E-state index contributed by atoms with van der Waals surface area (Å²) in [5.41, 5.74) is 10.5. The van der Waals surface area contributed by atoms with Crippen molar-refractivity contribution in [3.8, 4) is 11.5 Å². The molecule has 1 heterocycles. The van der Waals surface area contributed by atoms with Crippen LogP contribution in [-0.2, 0) is 6.42 Å². The molecule has 3 aromatic rings. The number of fused-ring (bicyclic) bond motifs is 1. The molecule has 1 aliphatic heterocycles. The van der Waals surface area contributed by atoms with Crippen LogP contribution in [0.15, 0.2) is 60.7 Å². The van der Waals surface area contributed by atoms with Crippen LogP contribution >= 0.6 is 0 Å². The van der Waals surface area contributed by atoms with Gasteiger partial charge in [0, 0.05) is 19.6 Å². The second-order valence-electron chi connectivity index (χ2n) is 10.2. The van der Waals surface area contributed by atoms with Gasteiger partial charge in [0.05, 0.1) is 12.4 Å². The lowest BCUT2D eigenvalue weighted by atomic mass is 9.87. The van der Waals surface area contributed by atoms with E-state index in [1.54, 1.807) is 18.2 Å². The first-order valence-electron chi connectivity index (χ1n) is 13.4. The predicted molar refractivity (Wildman–Crippen MR) is 145 cm³/mol. The second-order valence-corrected chi connectivity index (χ2v) is 10.2. The van der Waals surface area contributed by atoms with Gasteiger partial charge in [0.25, 0.3) is 0 Å². The normalized spacial score (nSPS) is 18.0. The minimum Gasteiger partial charge on any atom is -0.489 e. The van der Waals surface area contributed by atoms with Crippen LogP contribution in [0.1, 0.15) is 47.9 Å². The number of anilines is 1. The van der Waals surface area contributed by atoms with Crippen LogP contribution in [0.4, 0.5) is 27.6 Å². The van der Waals surface area contributed by atoms with Crippen molar-refractivity contribution in [1.29, 1.82) is 0 Å². The number of rotatable bonds is 8. The summed E-state index contributed by atoms with van der Waals surface area (Å²) >= 11 is 0. The number of benzene rings is 3. The summed E-state index contributed by atoms with van der Waals surface area (Å²) < 4.78 is 76.0. The molecule has 0 unspecified atom stereocenters. The maximum absolute atomic E-state index is 15.2. The molecule has 5 rings (SSSR count). The van der Waals surface area contributed by atoms with Gasteiger partial charge in [0.2, 0.25) is 0 Å². The molecule has 9 heteroatoms. The van der Waals surface area contributed by atoms with E-state index in [0.29, 0.717) is 42.6 Å².